The summed E-state index contributed by atoms with van der Waals surface area (Å²) in [5.41, 5.74) is 10.6. The number of aromatic nitrogens is 8. The number of fused-ring (bicyclic) bond motifs is 4. The van der Waals surface area contributed by atoms with E-state index in [0.717, 1.165) is 0 Å². The molecule has 20 nitrogen and oxygen atoms in total. The van der Waals surface area contributed by atoms with Crippen molar-refractivity contribution in [2.45, 2.75) is 48.9 Å². The number of rotatable bonds is 2. The molecular formula is C21H24N10O10P2S2. The molecule has 4 aromatic heterocycles. The first kappa shape index (κ1) is 29.8. The Morgan fingerprint density at radius 2 is 1.73 bits per heavy atom. The first-order valence-corrected chi connectivity index (χ1v) is 18.5. The van der Waals surface area contributed by atoms with E-state index in [1.165, 1.54) is 23.5 Å². The Labute approximate surface area is 261 Å². The van der Waals surface area contributed by atoms with Gasteiger partial charge in [0.25, 0.3) is 5.56 Å². The third-order valence-electron chi connectivity index (χ3n) is 7.92. The van der Waals surface area contributed by atoms with E-state index in [9.17, 15) is 14.6 Å². The van der Waals surface area contributed by atoms with Crippen molar-refractivity contribution in [1.82, 2.24) is 39.0 Å². The number of nitrogens with two attached hydrogens (primary N) is 2. The second-order valence-corrected chi connectivity index (χ2v) is 16.3. The molecular weight excluding hydrogens is 678 g/mol. The zero-order valence-corrected chi connectivity index (χ0v) is 26.1. The summed E-state index contributed by atoms with van der Waals surface area (Å²) in [6.07, 6.45) is -1.22. The third kappa shape index (κ3) is 5.01. The summed E-state index contributed by atoms with van der Waals surface area (Å²) in [6.45, 7) is -8.65. The maximum absolute atomic E-state index is 12.4. The molecule has 0 aliphatic carbocycles. The molecule has 4 aliphatic heterocycles. The first-order valence-electron chi connectivity index (χ1n) is 13.3. The molecule has 0 aromatic carbocycles. The minimum Gasteiger partial charge on any atom is -0.382 e. The van der Waals surface area contributed by atoms with E-state index in [0.29, 0.717) is 11.2 Å². The van der Waals surface area contributed by atoms with Crippen LogP contribution in [0.3, 0.4) is 0 Å². The summed E-state index contributed by atoms with van der Waals surface area (Å²) in [4.78, 5) is 58.0. The lowest BCUT2D eigenvalue weighted by Crippen LogP contribution is -2.45. The molecule has 2 unspecified atom stereocenters. The summed E-state index contributed by atoms with van der Waals surface area (Å²) in [6, 6.07) is 0. The lowest BCUT2D eigenvalue weighted by molar-refractivity contribution is -0.183. The van der Waals surface area contributed by atoms with E-state index in [4.69, 9.17) is 67.4 Å². The van der Waals surface area contributed by atoms with Crippen LogP contribution in [0, 0.1) is 0 Å². The highest BCUT2D eigenvalue weighted by molar-refractivity contribution is 8.07. The molecule has 7 N–H and O–H groups in total. The van der Waals surface area contributed by atoms with E-state index in [2.05, 4.69) is 29.9 Å². The fourth-order valence-electron chi connectivity index (χ4n) is 5.97. The average Bonchev–Trinajstić information content (AvgIpc) is 3.79. The van der Waals surface area contributed by atoms with Crippen molar-refractivity contribution in [2.24, 2.45) is 0 Å². The molecule has 4 aliphatic rings. The smallest absolute Gasteiger partial charge is 0.325 e. The number of H-pyrrole nitrogens is 1. The van der Waals surface area contributed by atoms with E-state index >= 15 is 0 Å². The van der Waals surface area contributed by atoms with E-state index in [-0.39, 0.29) is 49.2 Å². The van der Waals surface area contributed by atoms with Gasteiger partial charge in [-0.3, -0.25) is 23.4 Å². The predicted octanol–water partition coefficient (Wildman–Crippen LogP) is -0.671. The van der Waals surface area contributed by atoms with Crippen molar-refractivity contribution >= 4 is 71.1 Å². The van der Waals surface area contributed by atoms with Gasteiger partial charge in [-0.2, -0.15) is 4.98 Å². The monoisotopic (exact) mass is 702 g/mol. The van der Waals surface area contributed by atoms with Crippen molar-refractivity contribution in [3.05, 3.63) is 29.3 Å². The molecule has 240 valence electrons. The number of anilines is 2. The van der Waals surface area contributed by atoms with Gasteiger partial charge in [-0.25, -0.2) is 19.9 Å². The van der Waals surface area contributed by atoms with Crippen LogP contribution < -0.4 is 17.0 Å². The minimum absolute atomic E-state index is 0.00767. The van der Waals surface area contributed by atoms with Crippen LogP contribution in [0.4, 0.5) is 11.8 Å². The largest absolute Gasteiger partial charge is 0.382 e. The number of imidazole rings is 2. The van der Waals surface area contributed by atoms with Gasteiger partial charge in [0.15, 0.2) is 35.1 Å². The fourth-order valence-corrected chi connectivity index (χ4v) is 8.91. The second-order valence-electron chi connectivity index (χ2n) is 10.8. The topological polar surface area (TPSA) is 264 Å². The summed E-state index contributed by atoms with van der Waals surface area (Å²) in [5, 5.41) is 0. The first-order chi connectivity index (χ1) is 21.4. The molecule has 4 bridgehead atoms. The quantitative estimate of drug-likeness (QED) is 0.162. The van der Waals surface area contributed by atoms with Gasteiger partial charge in [-0.05, 0) is 23.6 Å². The van der Waals surface area contributed by atoms with Gasteiger partial charge >= 0.3 is 13.4 Å². The van der Waals surface area contributed by atoms with Crippen LogP contribution in [-0.4, -0.2) is 98.7 Å². The van der Waals surface area contributed by atoms with Gasteiger partial charge in [0.05, 0.1) is 38.6 Å². The summed E-state index contributed by atoms with van der Waals surface area (Å²) >= 11 is 10.8. The van der Waals surface area contributed by atoms with Crippen LogP contribution in [0.2, 0.25) is 0 Å². The number of ether oxygens (including phenoxy) is 3. The summed E-state index contributed by atoms with van der Waals surface area (Å²) in [7, 11) is 0. The van der Waals surface area contributed by atoms with Gasteiger partial charge in [0.1, 0.15) is 35.8 Å². The Morgan fingerprint density at radius 3 is 2.56 bits per heavy atom. The van der Waals surface area contributed by atoms with Crippen LogP contribution in [-0.2, 0) is 55.9 Å². The van der Waals surface area contributed by atoms with Gasteiger partial charge in [-0.1, -0.05) is 0 Å². The minimum atomic E-state index is -4.02. The number of nitrogen functional groups attached to an aromatic ring is 2. The molecule has 9 atom stereocenters. The standard InChI is InChI=1S/C21H24N10O10P2S2/c22-14-10-15(25-5-24-14)30(6-26-10)19-12-13-21(39-19,3-35-12)4-37-43(34,45)40-9-1-8(2-36-42(33,44)41-13)38-18(9)31-7-27-11-16(31)28-20(23)29-17(11)32/h5-9,12-13,18-19H,1-4H2,(H,33,44)(H,34,45)(H2,22,24,25)(H3,23,28,29,32)/t8-,9+,12+,13-,18+,19+,21+,42?,43?/m0/s1. The average molecular weight is 703 g/mol. The van der Waals surface area contributed by atoms with Gasteiger partial charge in [-0.15, -0.1) is 0 Å². The number of hydrogen-bond donors (Lipinski definition) is 5. The highest BCUT2D eigenvalue weighted by Gasteiger charge is 2.65. The van der Waals surface area contributed by atoms with Crippen molar-refractivity contribution in [2.75, 3.05) is 31.3 Å². The van der Waals surface area contributed by atoms with Gasteiger partial charge < -0.3 is 49.0 Å². The van der Waals surface area contributed by atoms with Crippen LogP contribution in [0.5, 0.6) is 0 Å². The van der Waals surface area contributed by atoms with Crippen molar-refractivity contribution < 1.29 is 42.1 Å². The maximum atomic E-state index is 12.4. The maximum Gasteiger partial charge on any atom is 0.325 e. The Kier molecular flexibility index (Phi) is 6.94. The van der Waals surface area contributed by atoms with Crippen LogP contribution in [0.25, 0.3) is 22.3 Å². The highest BCUT2D eigenvalue weighted by Crippen LogP contribution is 2.58. The van der Waals surface area contributed by atoms with Gasteiger partial charge in [0, 0.05) is 6.42 Å². The lowest BCUT2D eigenvalue weighted by atomic mass is 10.0. The van der Waals surface area contributed by atoms with Crippen LogP contribution >= 0.6 is 13.4 Å². The van der Waals surface area contributed by atoms with Crippen molar-refractivity contribution in [1.29, 1.82) is 0 Å². The zero-order chi connectivity index (χ0) is 31.3. The number of nitrogens with zero attached hydrogens (tertiary/aromatic N) is 7. The highest BCUT2D eigenvalue weighted by atomic mass is 32.5. The molecule has 0 saturated carbocycles. The van der Waals surface area contributed by atoms with E-state index < -0.39 is 61.5 Å². The Hall–Kier alpha value is -2.56. The van der Waals surface area contributed by atoms with E-state index in [1.807, 2.05) is 0 Å². The second kappa shape index (κ2) is 10.5. The molecule has 8 rings (SSSR count). The lowest BCUT2D eigenvalue weighted by Gasteiger charge is -2.33. The summed E-state index contributed by atoms with van der Waals surface area (Å²) < 4.78 is 45.3. The Morgan fingerprint density at radius 1 is 0.978 bits per heavy atom. The number of nitrogens with one attached hydrogen (secondary N) is 1. The molecule has 45 heavy (non-hydrogen) atoms. The Bertz CT molecular complexity index is 1990. The molecule has 0 amide bonds. The zero-order valence-electron chi connectivity index (χ0n) is 22.7. The van der Waals surface area contributed by atoms with E-state index in [1.54, 1.807) is 4.57 Å². The fraction of sp³-hybridized carbons (Fsp3) is 0.524. The molecule has 24 heteroatoms. The summed E-state index contributed by atoms with van der Waals surface area (Å²) in [5.74, 6) is 0.0336. The molecule has 4 fully saturated rings. The molecule has 4 aromatic rings. The van der Waals surface area contributed by atoms with Gasteiger partial charge in [0.2, 0.25) is 5.95 Å². The van der Waals surface area contributed by atoms with Crippen molar-refractivity contribution in [3.63, 3.8) is 0 Å². The normalized spacial score (nSPS) is 38.6. The molecule has 8 heterocycles. The molecule has 0 radical (unpaired) electrons. The van der Waals surface area contributed by atoms with Crippen LogP contribution in [0.15, 0.2) is 23.8 Å². The third-order valence-corrected chi connectivity index (χ3v) is 11.0. The van der Waals surface area contributed by atoms with Crippen LogP contribution in [0.1, 0.15) is 18.9 Å². The molecule has 0 spiro atoms. The SMILES string of the molecule is Nc1nc2c(ncn2[C@@H]2O[C@@H]3COP(O)(=S)O[C@H]4[C@H]5OC[C@]4(COP(O)(=S)O[C@@H]2C3)O[C@H]5n2cnc3c(N)ncnc32)c(=O)[nH]1. The Balaban J connectivity index is 1.12. The van der Waals surface area contributed by atoms with Crippen molar-refractivity contribution in [3.8, 4) is 0 Å². The molecule has 4 saturated heterocycles. The number of aromatic amines is 1. The predicted molar refractivity (Wildman–Crippen MR) is 158 cm³/mol. The number of hydrogen-bond acceptors (Lipinski definition) is 17.